The molecule has 1 atom stereocenters. The predicted molar refractivity (Wildman–Crippen MR) is 95.4 cm³/mol. The summed E-state index contributed by atoms with van der Waals surface area (Å²) >= 11 is 0. The lowest BCUT2D eigenvalue weighted by molar-refractivity contribution is -0.133. The van der Waals surface area contributed by atoms with Crippen molar-refractivity contribution >= 4 is 33.0 Å². The largest absolute Gasteiger partial charge is 0.344 e. The van der Waals surface area contributed by atoms with Crippen LogP contribution in [0.25, 0.3) is 5.65 Å². The third kappa shape index (κ3) is 3.54. The summed E-state index contributed by atoms with van der Waals surface area (Å²) in [5.74, 6) is -0.148. The van der Waals surface area contributed by atoms with Crippen molar-refractivity contribution in [2.75, 3.05) is 11.5 Å². The summed E-state index contributed by atoms with van der Waals surface area (Å²) < 4.78 is 25.1. The number of rotatable bonds is 4. The molecule has 0 aliphatic carbocycles. The Labute approximate surface area is 155 Å². The van der Waals surface area contributed by atoms with Crippen LogP contribution in [0, 0.1) is 0 Å². The van der Waals surface area contributed by atoms with Crippen molar-refractivity contribution in [1.82, 2.24) is 24.9 Å². The Morgan fingerprint density at radius 1 is 1.26 bits per heavy atom. The molecule has 0 aromatic carbocycles. The van der Waals surface area contributed by atoms with E-state index in [9.17, 15) is 18.0 Å². The Morgan fingerprint density at radius 2 is 2.11 bits per heavy atom. The number of hydrogen-bond acceptors (Lipinski definition) is 7. The first-order valence-corrected chi connectivity index (χ1v) is 10.4. The Kier molecular flexibility index (Phi) is 4.38. The van der Waals surface area contributed by atoms with Gasteiger partial charge in [-0.1, -0.05) is 6.07 Å². The summed E-state index contributed by atoms with van der Waals surface area (Å²) in [4.78, 5) is 24.6. The maximum Gasteiger partial charge on any atom is 0.267 e. The minimum Gasteiger partial charge on any atom is -0.344 e. The van der Waals surface area contributed by atoms with Crippen molar-refractivity contribution in [2.24, 2.45) is 5.10 Å². The topological polar surface area (TPSA) is 126 Å². The van der Waals surface area contributed by atoms with Crippen molar-refractivity contribution in [1.29, 1.82) is 0 Å². The van der Waals surface area contributed by atoms with Gasteiger partial charge in [-0.25, -0.2) is 13.4 Å². The molecule has 1 fully saturated rings. The second kappa shape index (κ2) is 6.72. The van der Waals surface area contributed by atoms with Crippen LogP contribution in [0.1, 0.15) is 25.1 Å². The highest BCUT2D eigenvalue weighted by Gasteiger charge is 2.37. The summed E-state index contributed by atoms with van der Waals surface area (Å²) in [5, 5.41) is 16.1. The molecule has 0 spiro atoms. The van der Waals surface area contributed by atoms with Crippen molar-refractivity contribution in [3.05, 3.63) is 30.2 Å². The molecule has 4 rings (SSSR count). The molecule has 4 heterocycles. The summed E-state index contributed by atoms with van der Waals surface area (Å²) in [6, 6.07) is 5.00. The summed E-state index contributed by atoms with van der Waals surface area (Å²) in [5.41, 5.74) is 0.892. The molecule has 2 aliphatic rings. The zero-order valence-electron chi connectivity index (χ0n) is 14.4. The predicted octanol–water partition coefficient (Wildman–Crippen LogP) is -0.489. The molecule has 2 aromatic rings. The van der Waals surface area contributed by atoms with E-state index in [1.807, 2.05) is 18.2 Å². The minimum absolute atomic E-state index is 0.0401. The molecule has 2 aromatic heterocycles. The molecule has 1 saturated heterocycles. The molecular formula is C16H18N6O4S. The van der Waals surface area contributed by atoms with Gasteiger partial charge in [0, 0.05) is 19.0 Å². The summed E-state index contributed by atoms with van der Waals surface area (Å²) in [6.07, 6.45) is 2.51. The highest BCUT2D eigenvalue weighted by atomic mass is 32.2. The number of fused-ring (bicyclic) bond motifs is 1. The van der Waals surface area contributed by atoms with Crippen LogP contribution in [0.5, 0.6) is 0 Å². The molecule has 10 nitrogen and oxygen atoms in total. The fraction of sp³-hybridized carbons (Fsp3) is 0.438. The maximum atomic E-state index is 12.5. The third-order valence-electron chi connectivity index (χ3n) is 4.67. The van der Waals surface area contributed by atoms with Gasteiger partial charge in [0.15, 0.2) is 21.3 Å². The highest BCUT2D eigenvalue weighted by Crippen LogP contribution is 2.22. The fourth-order valence-electron chi connectivity index (χ4n) is 3.26. The lowest BCUT2D eigenvalue weighted by Gasteiger charge is -2.27. The molecule has 1 N–H and O–H groups in total. The number of aromatic nitrogens is 3. The number of carbonyl (C=O) groups excluding carboxylic acids is 2. The standard InChI is InChI=1S/C16H18N6O4S/c23-15-5-4-12(20-22(15)11-6-8-27(25,26)10-11)16(24)17-9-14-19-18-13-3-1-2-7-21(13)14/h1-3,7,11H,4-6,8-10H2,(H,17,24). The SMILES string of the molecule is O=C(NCc1nnc2ccccn12)C1=NN(C2CCS(=O)(=O)C2)C(=O)CC1. The number of amides is 2. The van der Waals surface area contributed by atoms with Gasteiger partial charge in [0.25, 0.3) is 5.91 Å². The third-order valence-corrected chi connectivity index (χ3v) is 6.42. The number of nitrogens with zero attached hydrogens (tertiary/aromatic N) is 5. The van der Waals surface area contributed by atoms with Crippen LogP contribution in [0.15, 0.2) is 29.5 Å². The second-order valence-electron chi connectivity index (χ2n) is 6.57. The van der Waals surface area contributed by atoms with Crippen LogP contribution in [0.2, 0.25) is 0 Å². The van der Waals surface area contributed by atoms with Crippen LogP contribution in [0.3, 0.4) is 0 Å². The molecule has 2 amide bonds. The van der Waals surface area contributed by atoms with E-state index in [4.69, 9.17) is 0 Å². The van der Waals surface area contributed by atoms with Crippen LogP contribution >= 0.6 is 0 Å². The molecular weight excluding hydrogens is 372 g/mol. The zero-order valence-corrected chi connectivity index (χ0v) is 15.2. The van der Waals surface area contributed by atoms with E-state index in [-0.39, 0.29) is 42.5 Å². The Hall–Kier alpha value is -2.82. The van der Waals surface area contributed by atoms with Gasteiger partial charge in [0.2, 0.25) is 5.91 Å². The van der Waals surface area contributed by atoms with Crippen LogP contribution in [-0.2, 0) is 26.0 Å². The molecule has 27 heavy (non-hydrogen) atoms. The van der Waals surface area contributed by atoms with Gasteiger partial charge >= 0.3 is 0 Å². The number of hydrazone groups is 1. The van der Waals surface area contributed by atoms with Crippen molar-refractivity contribution < 1.29 is 18.0 Å². The molecule has 0 radical (unpaired) electrons. The van der Waals surface area contributed by atoms with Gasteiger partial charge in [0.05, 0.1) is 24.1 Å². The van der Waals surface area contributed by atoms with Crippen molar-refractivity contribution in [2.45, 2.75) is 31.8 Å². The lowest BCUT2D eigenvalue weighted by Crippen LogP contribution is -2.43. The quantitative estimate of drug-likeness (QED) is 0.751. The number of sulfone groups is 1. The molecule has 142 valence electrons. The van der Waals surface area contributed by atoms with E-state index < -0.39 is 21.8 Å². The number of carbonyl (C=O) groups is 2. The van der Waals surface area contributed by atoms with Crippen LogP contribution in [0.4, 0.5) is 0 Å². The minimum atomic E-state index is -3.15. The first-order chi connectivity index (χ1) is 12.9. The molecule has 0 bridgehead atoms. The Morgan fingerprint density at radius 3 is 2.89 bits per heavy atom. The van der Waals surface area contributed by atoms with Crippen LogP contribution in [-0.4, -0.2) is 63.1 Å². The summed E-state index contributed by atoms with van der Waals surface area (Å²) in [6.45, 7) is 0.161. The zero-order chi connectivity index (χ0) is 19.0. The van der Waals surface area contributed by atoms with Crippen molar-refractivity contribution in [3.8, 4) is 0 Å². The molecule has 11 heteroatoms. The van der Waals surface area contributed by atoms with Crippen molar-refractivity contribution in [3.63, 3.8) is 0 Å². The first-order valence-electron chi connectivity index (χ1n) is 8.60. The van der Waals surface area contributed by atoms with Gasteiger partial charge in [-0.05, 0) is 18.6 Å². The van der Waals surface area contributed by atoms with Crippen LogP contribution < -0.4 is 5.32 Å². The summed E-state index contributed by atoms with van der Waals surface area (Å²) in [7, 11) is -3.15. The number of pyridine rings is 1. The monoisotopic (exact) mass is 390 g/mol. The lowest BCUT2D eigenvalue weighted by atomic mass is 10.1. The number of hydrogen-bond donors (Lipinski definition) is 1. The van der Waals surface area contributed by atoms with Gasteiger partial charge in [-0.2, -0.15) is 5.10 Å². The van der Waals surface area contributed by atoms with E-state index in [0.29, 0.717) is 17.9 Å². The maximum absolute atomic E-state index is 12.5. The molecule has 0 saturated carbocycles. The van der Waals surface area contributed by atoms with Gasteiger partial charge < -0.3 is 5.32 Å². The average Bonchev–Trinajstić information content (AvgIpc) is 3.23. The van der Waals surface area contributed by atoms with Gasteiger partial charge in [-0.3, -0.25) is 14.0 Å². The van der Waals surface area contributed by atoms with E-state index in [2.05, 4.69) is 20.6 Å². The smallest absolute Gasteiger partial charge is 0.267 e. The Bertz CT molecular complexity index is 1040. The fourth-order valence-corrected chi connectivity index (χ4v) is 4.95. The van der Waals surface area contributed by atoms with E-state index in [0.717, 1.165) is 0 Å². The molecule has 1 unspecified atom stereocenters. The molecule has 2 aliphatic heterocycles. The van der Waals surface area contributed by atoms with E-state index >= 15 is 0 Å². The first kappa shape index (κ1) is 17.6. The van der Waals surface area contributed by atoms with E-state index in [1.165, 1.54) is 5.01 Å². The number of nitrogens with one attached hydrogen (secondary N) is 1. The van der Waals surface area contributed by atoms with E-state index in [1.54, 1.807) is 10.6 Å². The highest BCUT2D eigenvalue weighted by molar-refractivity contribution is 7.91. The van der Waals surface area contributed by atoms with Gasteiger partial charge in [0.1, 0.15) is 5.71 Å². The second-order valence-corrected chi connectivity index (χ2v) is 8.80. The Balaban J connectivity index is 1.46. The average molecular weight is 390 g/mol. The van der Waals surface area contributed by atoms with Gasteiger partial charge in [-0.15, -0.1) is 10.2 Å². The normalized spacial score (nSPS) is 22.1.